The molecule has 0 spiro atoms. The van der Waals surface area contributed by atoms with Crippen molar-refractivity contribution in [1.82, 2.24) is 4.98 Å². The van der Waals surface area contributed by atoms with Gasteiger partial charge in [-0.25, -0.2) is 9.18 Å². The van der Waals surface area contributed by atoms with Gasteiger partial charge < -0.3 is 20.4 Å². The van der Waals surface area contributed by atoms with Crippen LogP contribution in [0.25, 0.3) is 10.9 Å². The molecule has 0 atom stereocenters. The van der Waals surface area contributed by atoms with E-state index < -0.39 is 5.97 Å². The highest BCUT2D eigenvalue weighted by atomic mass is 19.1. The zero-order chi connectivity index (χ0) is 19.6. The van der Waals surface area contributed by atoms with Crippen LogP contribution >= 0.6 is 0 Å². The van der Waals surface area contributed by atoms with Crippen LogP contribution in [0.4, 0.5) is 21.5 Å². The Balaban J connectivity index is 2.07. The number of carbonyl (C=O) groups excluding carboxylic acids is 2. The topological polar surface area (TPSA) is 83.2 Å². The monoisotopic (exact) mass is 369 g/mol. The van der Waals surface area contributed by atoms with Crippen molar-refractivity contribution in [1.29, 1.82) is 0 Å². The number of rotatable bonds is 5. The Labute approximate surface area is 155 Å². The first-order valence-corrected chi connectivity index (χ1v) is 8.52. The molecule has 0 fully saturated rings. The van der Waals surface area contributed by atoms with Gasteiger partial charge >= 0.3 is 5.97 Å². The van der Waals surface area contributed by atoms with Crippen molar-refractivity contribution >= 4 is 39.8 Å². The number of esters is 1. The average molecular weight is 369 g/mol. The molecular weight excluding hydrogens is 349 g/mol. The maximum absolute atomic E-state index is 13.5. The largest absolute Gasteiger partial charge is 0.461 e. The van der Waals surface area contributed by atoms with Crippen molar-refractivity contribution in [3.8, 4) is 0 Å². The lowest BCUT2D eigenvalue weighted by atomic mass is 10.1. The number of benzene rings is 2. The number of hydrogen-bond acceptors (Lipinski definition) is 4. The van der Waals surface area contributed by atoms with Crippen molar-refractivity contribution in [2.45, 2.75) is 20.8 Å². The molecule has 1 amide bonds. The molecule has 140 valence electrons. The summed E-state index contributed by atoms with van der Waals surface area (Å²) in [5, 5.41) is 6.70. The quantitative estimate of drug-likeness (QED) is 0.579. The van der Waals surface area contributed by atoms with Crippen LogP contribution in [0.5, 0.6) is 0 Å². The van der Waals surface area contributed by atoms with Gasteiger partial charge in [0.2, 0.25) is 5.91 Å². The molecule has 27 heavy (non-hydrogen) atoms. The number of anilines is 3. The first-order valence-electron chi connectivity index (χ1n) is 8.52. The maximum Gasteiger partial charge on any atom is 0.354 e. The van der Waals surface area contributed by atoms with E-state index in [-0.39, 0.29) is 18.3 Å². The van der Waals surface area contributed by atoms with E-state index in [4.69, 9.17) is 4.74 Å². The van der Waals surface area contributed by atoms with Gasteiger partial charge in [0.1, 0.15) is 11.5 Å². The Morgan fingerprint density at radius 2 is 1.93 bits per heavy atom. The molecule has 0 radical (unpaired) electrons. The zero-order valence-corrected chi connectivity index (χ0v) is 15.3. The van der Waals surface area contributed by atoms with Crippen molar-refractivity contribution in [2.24, 2.45) is 0 Å². The van der Waals surface area contributed by atoms with E-state index >= 15 is 0 Å². The summed E-state index contributed by atoms with van der Waals surface area (Å²) in [6.07, 6.45) is 0. The van der Waals surface area contributed by atoms with Crippen LogP contribution in [0.3, 0.4) is 0 Å². The molecule has 0 aliphatic carbocycles. The molecule has 0 saturated carbocycles. The predicted octanol–water partition coefficient (Wildman–Crippen LogP) is 4.49. The Hall–Kier alpha value is -3.35. The zero-order valence-electron chi connectivity index (χ0n) is 15.3. The Bertz CT molecular complexity index is 1030. The highest BCUT2D eigenvalue weighted by Crippen LogP contribution is 2.32. The summed E-state index contributed by atoms with van der Waals surface area (Å²) in [6.45, 7) is 5.10. The van der Waals surface area contributed by atoms with E-state index in [1.165, 1.54) is 13.0 Å². The van der Waals surface area contributed by atoms with Crippen LogP contribution < -0.4 is 10.6 Å². The van der Waals surface area contributed by atoms with Crippen molar-refractivity contribution in [3.63, 3.8) is 0 Å². The summed E-state index contributed by atoms with van der Waals surface area (Å²) in [5.74, 6) is -0.961. The number of aromatic nitrogens is 1. The lowest BCUT2D eigenvalue weighted by Crippen LogP contribution is -2.06. The van der Waals surface area contributed by atoms with E-state index in [2.05, 4.69) is 15.6 Å². The number of fused-ring (bicyclic) bond motifs is 1. The number of ether oxygens (including phenoxy) is 1. The van der Waals surface area contributed by atoms with E-state index in [1.54, 1.807) is 44.2 Å². The number of aromatic amines is 1. The standard InChI is InChI=1S/C20H20FN3O3/c1-4-27-20(26)19-10-15-17(23-13-5-6-16(21)11(2)7-13)8-14(22-12(3)25)9-18(15)24-19/h5-10,23-24H,4H2,1-3H3,(H,22,25). The van der Waals surface area contributed by atoms with Gasteiger partial charge in [0, 0.05) is 23.7 Å². The number of hydrogen-bond donors (Lipinski definition) is 3. The van der Waals surface area contributed by atoms with Gasteiger partial charge in [-0.15, -0.1) is 0 Å². The van der Waals surface area contributed by atoms with Gasteiger partial charge in [-0.3, -0.25) is 4.79 Å². The van der Waals surface area contributed by atoms with Gasteiger partial charge in [0.15, 0.2) is 0 Å². The molecule has 7 heteroatoms. The second-order valence-corrected chi connectivity index (χ2v) is 6.16. The molecule has 6 nitrogen and oxygen atoms in total. The first kappa shape index (κ1) is 18.4. The van der Waals surface area contributed by atoms with Crippen LogP contribution in [-0.4, -0.2) is 23.5 Å². The van der Waals surface area contributed by atoms with E-state index in [1.807, 2.05) is 0 Å². The molecule has 0 unspecified atom stereocenters. The number of nitrogens with one attached hydrogen (secondary N) is 3. The summed E-state index contributed by atoms with van der Waals surface area (Å²) in [5.41, 5.74) is 3.39. The third-order valence-electron chi connectivity index (χ3n) is 3.99. The molecule has 0 aliphatic rings. The minimum Gasteiger partial charge on any atom is -0.461 e. The SMILES string of the molecule is CCOC(=O)c1cc2c(Nc3ccc(F)c(C)c3)cc(NC(C)=O)cc2[nH]1. The molecular formula is C20H20FN3O3. The number of aryl methyl sites for hydroxylation is 1. The summed E-state index contributed by atoms with van der Waals surface area (Å²) in [6, 6.07) is 9.87. The third-order valence-corrected chi connectivity index (χ3v) is 3.99. The predicted molar refractivity (Wildman–Crippen MR) is 103 cm³/mol. The fourth-order valence-corrected chi connectivity index (χ4v) is 2.81. The van der Waals surface area contributed by atoms with E-state index in [9.17, 15) is 14.0 Å². The third kappa shape index (κ3) is 4.08. The van der Waals surface area contributed by atoms with Crippen molar-refractivity contribution in [2.75, 3.05) is 17.2 Å². The van der Waals surface area contributed by atoms with Crippen LogP contribution in [0, 0.1) is 12.7 Å². The van der Waals surface area contributed by atoms with Crippen LogP contribution in [0.2, 0.25) is 0 Å². The summed E-state index contributed by atoms with van der Waals surface area (Å²) < 4.78 is 18.6. The lowest BCUT2D eigenvalue weighted by Gasteiger charge is -2.11. The fourth-order valence-electron chi connectivity index (χ4n) is 2.81. The Morgan fingerprint density at radius 3 is 2.59 bits per heavy atom. The van der Waals surface area contributed by atoms with Crippen LogP contribution in [0.1, 0.15) is 29.9 Å². The van der Waals surface area contributed by atoms with Gasteiger partial charge in [0.25, 0.3) is 0 Å². The fraction of sp³-hybridized carbons (Fsp3) is 0.200. The number of amides is 1. The highest BCUT2D eigenvalue weighted by molar-refractivity contribution is 6.03. The Morgan fingerprint density at radius 1 is 1.15 bits per heavy atom. The summed E-state index contributed by atoms with van der Waals surface area (Å²) in [7, 11) is 0. The van der Waals surface area contributed by atoms with Gasteiger partial charge in [-0.1, -0.05) is 0 Å². The summed E-state index contributed by atoms with van der Waals surface area (Å²) >= 11 is 0. The first-order chi connectivity index (χ1) is 12.9. The number of H-pyrrole nitrogens is 1. The lowest BCUT2D eigenvalue weighted by molar-refractivity contribution is -0.114. The van der Waals surface area contributed by atoms with Crippen LogP contribution in [0.15, 0.2) is 36.4 Å². The van der Waals surface area contributed by atoms with Gasteiger partial charge in [0.05, 0.1) is 17.8 Å². The van der Waals surface area contributed by atoms with Crippen LogP contribution in [-0.2, 0) is 9.53 Å². The molecule has 2 aromatic carbocycles. The summed E-state index contributed by atoms with van der Waals surface area (Å²) in [4.78, 5) is 26.5. The molecule has 0 aliphatic heterocycles. The van der Waals surface area contributed by atoms with E-state index in [0.717, 1.165) is 5.39 Å². The van der Waals surface area contributed by atoms with Crippen molar-refractivity contribution in [3.05, 3.63) is 53.5 Å². The molecule has 3 aromatic rings. The number of halogens is 1. The second kappa shape index (κ2) is 7.49. The maximum atomic E-state index is 13.5. The molecule has 3 rings (SSSR count). The van der Waals surface area contributed by atoms with E-state index in [0.29, 0.717) is 33.8 Å². The minimum absolute atomic E-state index is 0.213. The molecule has 0 bridgehead atoms. The molecule has 3 N–H and O–H groups in total. The van der Waals surface area contributed by atoms with Crippen molar-refractivity contribution < 1.29 is 18.7 Å². The normalized spacial score (nSPS) is 10.7. The molecule has 1 heterocycles. The number of carbonyl (C=O) groups is 2. The Kier molecular flexibility index (Phi) is 5.12. The minimum atomic E-state index is -0.460. The molecule has 1 aromatic heterocycles. The van der Waals surface area contributed by atoms with Gasteiger partial charge in [-0.2, -0.15) is 0 Å². The average Bonchev–Trinajstić information content (AvgIpc) is 3.02. The van der Waals surface area contributed by atoms with Gasteiger partial charge in [-0.05, 0) is 55.8 Å². The second-order valence-electron chi connectivity index (χ2n) is 6.16. The smallest absolute Gasteiger partial charge is 0.354 e. The molecule has 0 saturated heterocycles. The highest BCUT2D eigenvalue weighted by Gasteiger charge is 2.14.